The number of ketones is 2. The fourth-order valence-corrected chi connectivity index (χ4v) is 3.09. The largest absolute Gasteiger partial charge is 0.296 e. The molecule has 2 atom stereocenters. The van der Waals surface area contributed by atoms with Crippen LogP contribution in [-0.2, 0) is 19.3 Å². The topological polar surface area (TPSA) is 76.7 Å². The molecule has 2 heterocycles. The predicted octanol–water partition coefficient (Wildman–Crippen LogP) is 2.79. The van der Waals surface area contributed by atoms with Crippen LogP contribution in [0.25, 0.3) is 11.4 Å². The molecule has 0 aliphatic carbocycles. The molecule has 28 heavy (non-hydrogen) atoms. The number of hydrogen-bond acceptors (Lipinski definition) is 6. The highest BCUT2D eigenvalue weighted by Crippen LogP contribution is 2.21. The maximum Gasteiger partial charge on any atom is 0.168 e. The normalized spacial score (nSPS) is 20.7. The Labute approximate surface area is 162 Å². The minimum Gasteiger partial charge on any atom is -0.296 e. The molecule has 0 saturated carbocycles. The summed E-state index contributed by atoms with van der Waals surface area (Å²) in [5, 5.41) is 0. The number of carbonyl (C=O) groups excluding carboxylic acids is 2. The first-order valence-electron chi connectivity index (χ1n) is 9.14. The quantitative estimate of drug-likeness (QED) is 0.774. The van der Waals surface area contributed by atoms with Gasteiger partial charge in [-0.05, 0) is 23.3 Å². The number of Topliss-reactive ketones (excluding diaryl/α,β-unsaturated/α-hetero) is 2. The second-order valence-corrected chi connectivity index (χ2v) is 6.61. The lowest BCUT2D eigenvalue weighted by atomic mass is 10.0. The van der Waals surface area contributed by atoms with E-state index in [-0.39, 0.29) is 24.4 Å². The van der Waals surface area contributed by atoms with Gasteiger partial charge in [0.15, 0.2) is 23.8 Å². The monoisotopic (exact) mass is 376 g/mol. The summed E-state index contributed by atoms with van der Waals surface area (Å²) in [5.74, 6) is -0.296. The van der Waals surface area contributed by atoms with Crippen LogP contribution in [0.5, 0.6) is 0 Å². The smallest absolute Gasteiger partial charge is 0.168 e. The lowest BCUT2D eigenvalue weighted by Crippen LogP contribution is -2.26. The van der Waals surface area contributed by atoms with E-state index in [1.165, 1.54) is 0 Å². The molecular formula is C22H20N2O4. The highest BCUT2D eigenvalue weighted by molar-refractivity contribution is 5.94. The maximum atomic E-state index is 12.4. The summed E-state index contributed by atoms with van der Waals surface area (Å²) in [6.07, 6.45) is 2.28. The van der Waals surface area contributed by atoms with Gasteiger partial charge in [0, 0.05) is 12.8 Å². The van der Waals surface area contributed by atoms with Gasteiger partial charge in [-0.1, -0.05) is 60.7 Å². The van der Waals surface area contributed by atoms with Crippen molar-refractivity contribution in [1.29, 1.82) is 0 Å². The van der Waals surface area contributed by atoms with Gasteiger partial charge in [-0.3, -0.25) is 30.2 Å². The zero-order valence-electron chi connectivity index (χ0n) is 15.1. The molecule has 142 valence electrons. The van der Waals surface area contributed by atoms with E-state index < -0.39 is 12.2 Å². The second kappa shape index (κ2) is 8.21. The molecule has 2 N–H and O–H groups in total. The van der Waals surface area contributed by atoms with Crippen molar-refractivity contribution in [2.45, 2.75) is 25.0 Å². The first-order valence-corrected chi connectivity index (χ1v) is 9.14. The van der Waals surface area contributed by atoms with Gasteiger partial charge < -0.3 is 0 Å². The van der Waals surface area contributed by atoms with Gasteiger partial charge in [-0.25, -0.2) is 0 Å². The van der Waals surface area contributed by atoms with Crippen molar-refractivity contribution in [2.24, 2.45) is 0 Å². The SMILES string of the molecule is O=C(CCC(=O)[C@H]1C=C(c2ccccc2)NO1)[C@@H]1C=C(c2ccccc2)NO1. The summed E-state index contributed by atoms with van der Waals surface area (Å²) in [6, 6.07) is 19.2. The Bertz CT molecular complexity index is 845. The molecule has 4 rings (SSSR count). The van der Waals surface area contributed by atoms with Crippen molar-refractivity contribution >= 4 is 23.0 Å². The zero-order valence-corrected chi connectivity index (χ0v) is 15.1. The molecule has 0 fully saturated rings. The number of benzene rings is 2. The second-order valence-electron chi connectivity index (χ2n) is 6.61. The Kier molecular flexibility index (Phi) is 5.32. The van der Waals surface area contributed by atoms with Crippen molar-refractivity contribution in [3.8, 4) is 0 Å². The summed E-state index contributed by atoms with van der Waals surface area (Å²) < 4.78 is 0. The Balaban J connectivity index is 1.31. The van der Waals surface area contributed by atoms with E-state index >= 15 is 0 Å². The first-order chi connectivity index (χ1) is 13.7. The highest BCUT2D eigenvalue weighted by Gasteiger charge is 2.28. The van der Waals surface area contributed by atoms with Crippen LogP contribution < -0.4 is 11.0 Å². The van der Waals surface area contributed by atoms with Crippen LogP contribution in [0.15, 0.2) is 72.8 Å². The average molecular weight is 376 g/mol. The van der Waals surface area contributed by atoms with Gasteiger partial charge in [-0.15, -0.1) is 0 Å². The summed E-state index contributed by atoms with van der Waals surface area (Å²) >= 11 is 0. The summed E-state index contributed by atoms with van der Waals surface area (Å²) in [4.78, 5) is 35.5. The minimum absolute atomic E-state index is 0.0954. The lowest BCUT2D eigenvalue weighted by molar-refractivity contribution is -0.134. The number of hydroxylamine groups is 2. The van der Waals surface area contributed by atoms with Crippen LogP contribution >= 0.6 is 0 Å². The molecule has 0 unspecified atom stereocenters. The molecule has 6 nitrogen and oxygen atoms in total. The molecule has 2 aliphatic heterocycles. The zero-order chi connectivity index (χ0) is 19.3. The number of rotatable bonds is 7. The van der Waals surface area contributed by atoms with Gasteiger partial charge in [0.2, 0.25) is 0 Å². The molecule has 0 aromatic heterocycles. The molecule has 0 amide bonds. The minimum atomic E-state index is -0.693. The van der Waals surface area contributed by atoms with Gasteiger partial charge in [0.25, 0.3) is 0 Å². The fraction of sp³-hybridized carbons (Fsp3) is 0.182. The third-order valence-electron chi connectivity index (χ3n) is 4.65. The number of hydrogen-bond donors (Lipinski definition) is 2. The Morgan fingerprint density at radius 3 is 1.46 bits per heavy atom. The first kappa shape index (κ1) is 18.2. The molecule has 0 saturated heterocycles. The molecule has 6 heteroatoms. The number of nitrogens with one attached hydrogen (secondary N) is 2. The van der Waals surface area contributed by atoms with E-state index in [0.717, 1.165) is 22.5 Å². The average Bonchev–Trinajstić information content (AvgIpc) is 3.43. The standard InChI is InChI=1S/C22H20N2O4/c25-19(21-13-17(23-27-21)15-7-3-1-4-8-15)11-12-20(26)22-14-18(24-28-22)16-9-5-2-6-10-16/h1-10,13-14,21-24H,11-12H2/t21-,22+. The van der Waals surface area contributed by atoms with Crippen molar-refractivity contribution in [2.75, 3.05) is 0 Å². The van der Waals surface area contributed by atoms with Crippen LogP contribution in [-0.4, -0.2) is 23.8 Å². The van der Waals surface area contributed by atoms with Crippen molar-refractivity contribution in [3.05, 3.63) is 83.9 Å². The van der Waals surface area contributed by atoms with E-state index in [9.17, 15) is 9.59 Å². The predicted molar refractivity (Wildman–Crippen MR) is 104 cm³/mol. The lowest BCUT2D eigenvalue weighted by Gasteiger charge is -2.08. The van der Waals surface area contributed by atoms with Crippen LogP contribution in [0, 0.1) is 0 Å². The molecule has 2 aromatic carbocycles. The van der Waals surface area contributed by atoms with E-state index in [1.807, 2.05) is 60.7 Å². The van der Waals surface area contributed by atoms with Gasteiger partial charge in [0.05, 0.1) is 11.4 Å². The van der Waals surface area contributed by atoms with Crippen molar-refractivity contribution in [1.82, 2.24) is 11.0 Å². The fourth-order valence-electron chi connectivity index (χ4n) is 3.09. The van der Waals surface area contributed by atoms with E-state index in [1.54, 1.807) is 12.2 Å². The molecule has 0 spiro atoms. The summed E-state index contributed by atoms with van der Waals surface area (Å²) in [5.41, 5.74) is 8.96. The van der Waals surface area contributed by atoms with Crippen LogP contribution in [0.3, 0.4) is 0 Å². The Morgan fingerprint density at radius 2 is 1.07 bits per heavy atom. The molecule has 0 bridgehead atoms. The summed E-state index contributed by atoms with van der Waals surface area (Å²) in [7, 11) is 0. The van der Waals surface area contributed by atoms with Crippen molar-refractivity contribution in [3.63, 3.8) is 0 Å². The molecular weight excluding hydrogens is 356 g/mol. The van der Waals surface area contributed by atoms with Gasteiger partial charge in [-0.2, -0.15) is 0 Å². The van der Waals surface area contributed by atoms with Gasteiger partial charge >= 0.3 is 0 Å². The maximum absolute atomic E-state index is 12.4. The third-order valence-corrected chi connectivity index (χ3v) is 4.65. The van der Waals surface area contributed by atoms with E-state index in [2.05, 4.69) is 11.0 Å². The Morgan fingerprint density at radius 1 is 0.679 bits per heavy atom. The molecule has 2 aromatic rings. The summed E-state index contributed by atoms with van der Waals surface area (Å²) in [6.45, 7) is 0. The highest BCUT2D eigenvalue weighted by atomic mass is 16.7. The van der Waals surface area contributed by atoms with Crippen LogP contribution in [0.4, 0.5) is 0 Å². The van der Waals surface area contributed by atoms with E-state index in [0.29, 0.717) is 0 Å². The van der Waals surface area contributed by atoms with Crippen LogP contribution in [0.2, 0.25) is 0 Å². The molecule has 2 aliphatic rings. The van der Waals surface area contributed by atoms with Crippen LogP contribution in [0.1, 0.15) is 24.0 Å². The Hall–Kier alpha value is -3.22. The van der Waals surface area contributed by atoms with Crippen molar-refractivity contribution < 1.29 is 19.3 Å². The number of carbonyl (C=O) groups is 2. The van der Waals surface area contributed by atoms with E-state index in [4.69, 9.17) is 9.68 Å². The third kappa shape index (κ3) is 4.03. The van der Waals surface area contributed by atoms with Gasteiger partial charge in [0.1, 0.15) is 0 Å². The molecule has 0 radical (unpaired) electrons.